The number of carbonyl (C=O) groups is 1. The summed E-state index contributed by atoms with van der Waals surface area (Å²) in [6.07, 6.45) is 3.19. The fourth-order valence-corrected chi connectivity index (χ4v) is 3.11. The zero-order valence-electron chi connectivity index (χ0n) is 9.76. The predicted octanol–water partition coefficient (Wildman–Crippen LogP) is 3.73. The van der Waals surface area contributed by atoms with Gasteiger partial charge in [-0.25, -0.2) is 4.39 Å². The third kappa shape index (κ3) is 3.23. The number of halogens is 3. The van der Waals surface area contributed by atoms with E-state index in [9.17, 15) is 9.18 Å². The Balaban J connectivity index is 1.95. The van der Waals surface area contributed by atoms with Gasteiger partial charge in [-0.05, 0) is 52.9 Å². The van der Waals surface area contributed by atoms with Gasteiger partial charge in [-0.1, -0.05) is 6.42 Å². The molecular weight excluding hydrogens is 321 g/mol. The van der Waals surface area contributed by atoms with Crippen LogP contribution in [-0.4, -0.2) is 17.8 Å². The Bertz CT molecular complexity index is 455. The molecule has 18 heavy (non-hydrogen) atoms. The summed E-state index contributed by atoms with van der Waals surface area (Å²) in [6.45, 7) is 0.580. The quantitative estimate of drug-likeness (QED) is 0.839. The molecule has 0 spiro atoms. The molecule has 1 aromatic rings. The third-order valence-corrected chi connectivity index (χ3v) is 4.50. The largest absolute Gasteiger partial charge is 0.352 e. The molecule has 0 saturated heterocycles. The molecule has 1 N–H and O–H groups in total. The normalized spacial score (nSPS) is 23.1. The van der Waals surface area contributed by atoms with Crippen LogP contribution in [0.4, 0.5) is 4.39 Å². The first kappa shape index (κ1) is 13.8. The molecule has 5 heteroatoms. The van der Waals surface area contributed by atoms with Gasteiger partial charge in [0.05, 0.1) is 5.56 Å². The Morgan fingerprint density at radius 3 is 2.89 bits per heavy atom. The van der Waals surface area contributed by atoms with Crippen molar-refractivity contribution in [2.75, 3.05) is 6.54 Å². The highest BCUT2D eigenvalue weighted by atomic mass is 79.9. The van der Waals surface area contributed by atoms with E-state index in [2.05, 4.69) is 21.2 Å². The van der Waals surface area contributed by atoms with Crippen LogP contribution >= 0.6 is 27.5 Å². The maximum absolute atomic E-state index is 12.9. The molecule has 0 heterocycles. The van der Waals surface area contributed by atoms with E-state index in [0.717, 1.165) is 19.3 Å². The van der Waals surface area contributed by atoms with Gasteiger partial charge in [0.25, 0.3) is 5.91 Å². The Labute approximate surface area is 119 Å². The summed E-state index contributed by atoms with van der Waals surface area (Å²) in [6, 6.07) is 4.04. The van der Waals surface area contributed by atoms with Crippen molar-refractivity contribution in [1.82, 2.24) is 5.32 Å². The van der Waals surface area contributed by atoms with Crippen LogP contribution < -0.4 is 5.32 Å². The number of rotatable bonds is 3. The van der Waals surface area contributed by atoms with Gasteiger partial charge in [0.15, 0.2) is 0 Å². The fourth-order valence-electron chi connectivity index (χ4n) is 2.21. The summed E-state index contributed by atoms with van der Waals surface area (Å²) in [5.41, 5.74) is 0.445. The molecule has 0 aromatic heterocycles. The number of amides is 1. The molecule has 1 saturated carbocycles. The standard InChI is InChI=1S/C13H14BrClFNO/c14-11-6-9(16)4-5-10(11)13(18)17-7-8-2-1-3-12(8)15/h4-6,8,12H,1-3,7H2,(H,17,18). The minimum Gasteiger partial charge on any atom is -0.352 e. The molecule has 2 atom stereocenters. The summed E-state index contributed by atoms with van der Waals surface area (Å²) in [7, 11) is 0. The Hall–Kier alpha value is -0.610. The van der Waals surface area contributed by atoms with Crippen molar-refractivity contribution in [2.24, 2.45) is 5.92 Å². The lowest BCUT2D eigenvalue weighted by Crippen LogP contribution is -2.31. The van der Waals surface area contributed by atoms with Crippen LogP contribution in [0.25, 0.3) is 0 Å². The molecule has 0 radical (unpaired) electrons. The van der Waals surface area contributed by atoms with Gasteiger partial charge < -0.3 is 5.32 Å². The Kier molecular flexibility index (Phi) is 4.62. The molecule has 1 amide bonds. The van der Waals surface area contributed by atoms with E-state index in [1.807, 2.05) is 0 Å². The maximum atomic E-state index is 12.9. The van der Waals surface area contributed by atoms with Crippen LogP contribution in [-0.2, 0) is 0 Å². The van der Waals surface area contributed by atoms with Crippen LogP contribution in [0.3, 0.4) is 0 Å². The average molecular weight is 335 g/mol. The summed E-state index contributed by atoms with van der Waals surface area (Å²) in [5, 5.41) is 3.01. The number of alkyl halides is 1. The topological polar surface area (TPSA) is 29.1 Å². The van der Waals surface area contributed by atoms with E-state index in [4.69, 9.17) is 11.6 Å². The van der Waals surface area contributed by atoms with E-state index in [0.29, 0.717) is 22.5 Å². The van der Waals surface area contributed by atoms with Crippen molar-refractivity contribution in [2.45, 2.75) is 24.6 Å². The second-order valence-corrected chi connectivity index (χ2v) is 5.96. The molecule has 1 aliphatic carbocycles. The van der Waals surface area contributed by atoms with E-state index < -0.39 is 0 Å². The SMILES string of the molecule is O=C(NCC1CCCC1Cl)c1ccc(F)cc1Br. The lowest BCUT2D eigenvalue weighted by molar-refractivity contribution is 0.0947. The minimum atomic E-state index is -0.366. The Morgan fingerprint density at radius 2 is 2.28 bits per heavy atom. The van der Waals surface area contributed by atoms with Crippen LogP contribution in [0.5, 0.6) is 0 Å². The highest BCUT2D eigenvalue weighted by Crippen LogP contribution is 2.29. The zero-order valence-corrected chi connectivity index (χ0v) is 12.1. The smallest absolute Gasteiger partial charge is 0.252 e. The van der Waals surface area contributed by atoms with Crippen molar-refractivity contribution in [1.29, 1.82) is 0 Å². The summed E-state index contributed by atoms with van der Waals surface area (Å²) >= 11 is 9.34. The number of hydrogen-bond acceptors (Lipinski definition) is 1. The first-order chi connectivity index (χ1) is 8.58. The van der Waals surface area contributed by atoms with Gasteiger partial charge in [0.2, 0.25) is 0 Å². The number of benzene rings is 1. The lowest BCUT2D eigenvalue weighted by Gasteiger charge is -2.14. The summed E-state index contributed by atoms with van der Waals surface area (Å²) in [4.78, 5) is 11.9. The van der Waals surface area contributed by atoms with E-state index >= 15 is 0 Å². The van der Waals surface area contributed by atoms with Gasteiger partial charge >= 0.3 is 0 Å². The van der Waals surface area contributed by atoms with Crippen LogP contribution in [0.2, 0.25) is 0 Å². The first-order valence-electron chi connectivity index (χ1n) is 5.95. The molecule has 1 fully saturated rings. The molecular formula is C13H14BrClFNO. The molecule has 98 valence electrons. The van der Waals surface area contributed by atoms with E-state index in [1.165, 1.54) is 18.2 Å². The van der Waals surface area contributed by atoms with E-state index in [-0.39, 0.29) is 17.1 Å². The molecule has 0 aliphatic heterocycles. The van der Waals surface area contributed by atoms with Crippen LogP contribution in [0.15, 0.2) is 22.7 Å². The fraction of sp³-hybridized carbons (Fsp3) is 0.462. The van der Waals surface area contributed by atoms with Gasteiger partial charge in [-0.2, -0.15) is 0 Å². The summed E-state index contributed by atoms with van der Waals surface area (Å²) in [5.74, 6) is -0.220. The highest BCUT2D eigenvalue weighted by Gasteiger charge is 2.25. The van der Waals surface area contributed by atoms with Gasteiger partial charge in [0, 0.05) is 16.4 Å². The molecule has 1 aromatic carbocycles. The van der Waals surface area contributed by atoms with Crippen molar-refractivity contribution < 1.29 is 9.18 Å². The number of nitrogens with one attached hydrogen (secondary N) is 1. The van der Waals surface area contributed by atoms with Gasteiger partial charge in [-0.15, -0.1) is 11.6 Å². The van der Waals surface area contributed by atoms with Crippen LogP contribution in [0.1, 0.15) is 29.6 Å². The maximum Gasteiger partial charge on any atom is 0.252 e. The molecule has 2 rings (SSSR count). The van der Waals surface area contributed by atoms with Gasteiger partial charge in [-0.3, -0.25) is 4.79 Å². The average Bonchev–Trinajstić information content (AvgIpc) is 2.72. The molecule has 0 bridgehead atoms. The van der Waals surface area contributed by atoms with E-state index in [1.54, 1.807) is 0 Å². The van der Waals surface area contributed by atoms with Crippen LogP contribution in [0, 0.1) is 11.7 Å². The van der Waals surface area contributed by atoms with Gasteiger partial charge in [0.1, 0.15) is 5.82 Å². The zero-order chi connectivity index (χ0) is 13.1. The first-order valence-corrected chi connectivity index (χ1v) is 7.18. The van der Waals surface area contributed by atoms with Crippen molar-refractivity contribution >= 4 is 33.4 Å². The van der Waals surface area contributed by atoms with Crippen molar-refractivity contribution in [3.05, 3.63) is 34.1 Å². The second-order valence-electron chi connectivity index (χ2n) is 4.54. The molecule has 2 nitrogen and oxygen atoms in total. The molecule has 1 aliphatic rings. The predicted molar refractivity (Wildman–Crippen MR) is 73.4 cm³/mol. The lowest BCUT2D eigenvalue weighted by atomic mass is 10.1. The molecule has 2 unspecified atom stereocenters. The highest BCUT2D eigenvalue weighted by molar-refractivity contribution is 9.10. The second kappa shape index (κ2) is 6.02. The number of hydrogen-bond donors (Lipinski definition) is 1. The number of carbonyl (C=O) groups excluding carboxylic acids is 1. The van der Waals surface area contributed by atoms with Crippen molar-refractivity contribution in [3.63, 3.8) is 0 Å². The Morgan fingerprint density at radius 1 is 1.50 bits per heavy atom. The van der Waals surface area contributed by atoms with Crippen molar-refractivity contribution in [3.8, 4) is 0 Å². The minimum absolute atomic E-state index is 0.155. The third-order valence-electron chi connectivity index (χ3n) is 3.27. The summed E-state index contributed by atoms with van der Waals surface area (Å²) < 4.78 is 13.4. The monoisotopic (exact) mass is 333 g/mol.